The van der Waals surface area contributed by atoms with Crippen molar-refractivity contribution in [2.75, 3.05) is 5.32 Å². The molecule has 0 radical (unpaired) electrons. The van der Waals surface area contributed by atoms with Gasteiger partial charge >= 0.3 is 0 Å². The van der Waals surface area contributed by atoms with E-state index in [1.54, 1.807) is 6.07 Å². The third-order valence-corrected chi connectivity index (χ3v) is 3.90. The quantitative estimate of drug-likeness (QED) is 0.799. The Balaban J connectivity index is 1.84. The van der Waals surface area contributed by atoms with E-state index in [0.29, 0.717) is 10.6 Å². The zero-order valence-corrected chi connectivity index (χ0v) is 12.3. The van der Waals surface area contributed by atoms with Crippen LogP contribution in [0.25, 0.3) is 5.69 Å². The Bertz CT molecular complexity index is 780. The highest BCUT2D eigenvalue weighted by atomic mass is 32.1. The lowest BCUT2D eigenvalue weighted by Gasteiger charge is -2.06. The predicted molar refractivity (Wildman–Crippen MR) is 78.7 cm³/mol. The van der Waals surface area contributed by atoms with Crippen molar-refractivity contribution < 1.29 is 4.79 Å². The maximum absolute atomic E-state index is 12.3. The van der Waals surface area contributed by atoms with Gasteiger partial charge in [0.15, 0.2) is 0 Å². The first-order valence-corrected chi connectivity index (χ1v) is 7.04. The molecule has 0 bridgehead atoms. The third kappa shape index (κ3) is 2.79. The molecule has 0 saturated carbocycles. The molecule has 0 saturated heterocycles. The van der Waals surface area contributed by atoms with Crippen molar-refractivity contribution in [1.29, 1.82) is 0 Å². The number of benzene rings is 1. The summed E-state index contributed by atoms with van der Waals surface area (Å²) in [5.74, 6) is -0.160. The van der Waals surface area contributed by atoms with Crippen LogP contribution in [0.1, 0.15) is 20.4 Å². The van der Waals surface area contributed by atoms with Gasteiger partial charge in [0.1, 0.15) is 11.2 Å². The Morgan fingerprint density at radius 3 is 2.86 bits per heavy atom. The maximum atomic E-state index is 12.3. The lowest BCUT2D eigenvalue weighted by molar-refractivity contribution is 0.103. The van der Waals surface area contributed by atoms with Gasteiger partial charge in [0.2, 0.25) is 0 Å². The standard InChI is InChI=1S/C13H12N6OS/c1-8-12(21-9(2)15-8)13(20)16-10-4-3-5-11(6-10)19-7-14-17-18-19/h3-7H,1-2H3,(H,16,20). The zero-order valence-electron chi connectivity index (χ0n) is 11.4. The van der Waals surface area contributed by atoms with Crippen LogP contribution < -0.4 is 5.32 Å². The molecule has 3 rings (SSSR count). The van der Waals surface area contributed by atoms with E-state index in [1.807, 2.05) is 32.0 Å². The van der Waals surface area contributed by atoms with Crippen LogP contribution in [0.5, 0.6) is 0 Å². The molecule has 0 aliphatic rings. The van der Waals surface area contributed by atoms with Gasteiger partial charge in [-0.15, -0.1) is 16.4 Å². The number of nitrogens with zero attached hydrogens (tertiary/aromatic N) is 5. The lowest BCUT2D eigenvalue weighted by atomic mass is 10.2. The molecule has 2 heterocycles. The van der Waals surface area contributed by atoms with Gasteiger partial charge in [-0.2, -0.15) is 0 Å². The number of thiazole rings is 1. The summed E-state index contributed by atoms with van der Waals surface area (Å²) < 4.78 is 1.53. The molecular formula is C13H12N6OS. The number of rotatable bonds is 3. The number of hydrogen-bond acceptors (Lipinski definition) is 6. The predicted octanol–water partition coefficient (Wildman–Crippen LogP) is 1.99. The van der Waals surface area contributed by atoms with Crippen LogP contribution in [0.4, 0.5) is 5.69 Å². The molecule has 0 atom stereocenters. The van der Waals surface area contributed by atoms with E-state index >= 15 is 0 Å². The van der Waals surface area contributed by atoms with Crippen LogP contribution in [0.3, 0.4) is 0 Å². The molecule has 8 heteroatoms. The molecule has 3 aromatic rings. The fraction of sp³-hybridized carbons (Fsp3) is 0.154. The first-order chi connectivity index (χ1) is 10.1. The highest BCUT2D eigenvalue weighted by molar-refractivity contribution is 7.13. The third-order valence-electron chi connectivity index (χ3n) is 2.83. The van der Waals surface area contributed by atoms with Crippen LogP contribution in [0.15, 0.2) is 30.6 Å². The van der Waals surface area contributed by atoms with E-state index in [-0.39, 0.29) is 5.91 Å². The second-order valence-corrected chi connectivity index (χ2v) is 5.61. The molecule has 0 aliphatic heterocycles. The summed E-state index contributed by atoms with van der Waals surface area (Å²) in [6.45, 7) is 3.71. The molecule has 21 heavy (non-hydrogen) atoms. The summed E-state index contributed by atoms with van der Waals surface area (Å²) in [6, 6.07) is 7.30. The van der Waals surface area contributed by atoms with Crippen molar-refractivity contribution >= 4 is 22.9 Å². The van der Waals surface area contributed by atoms with Gasteiger partial charge in [-0.3, -0.25) is 4.79 Å². The maximum Gasteiger partial charge on any atom is 0.267 e. The van der Waals surface area contributed by atoms with Crippen molar-refractivity contribution in [1.82, 2.24) is 25.2 Å². The van der Waals surface area contributed by atoms with Gasteiger partial charge in [0.05, 0.1) is 16.4 Å². The number of carbonyl (C=O) groups excluding carboxylic acids is 1. The fourth-order valence-electron chi connectivity index (χ4n) is 1.94. The summed E-state index contributed by atoms with van der Waals surface area (Å²) in [6.07, 6.45) is 1.50. The Hall–Kier alpha value is -2.61. The number of aromatic nitrogens is 5. The Morgan fingerprint density at radius 2 is 2.19 bits per heavy atom. The van der Waals surface area contributed by atoms with Crippen molar-refractivity contribution in [3.05, 3.63) is 46.2 Å². The van der Waals surface area contributed by atoms with Crippen molar-refractivity contribution in [2.45, 2.75) is 13.8 Å². The zero-order chi connectivity index (χ0) is 14.8. The van der Waals surface area contributed by atoms with Gasteiger partial charge in [0.25, 0.3) is 5.91 Å². The largest absolute Gasteiger partial charge is 0.321 e. The van der Waals surface area contributed by atoms with Crippen LogP contribution >= 0.6 is 11.3 Å². The molecule has 1 N–H and O–H groups in total. The van der Waals surface area contributed by atoms with E-state index in [2.05, 4.69) is 25.8 Å². The van der Waals surface area contributed by atoms with Gasteiger partial charge in [-0.25, -0.2) is 9.67 Å². The number of amides is 1. The Kier molecular flexibility index (Phi) is 3.44. The summed E-state index contributed by atoms with van der Waals surface area (Å²) in [4.78, 5) is 17.1. The molecule has 106 valence electrons. The van der Waals surface area contributed by atoms with E-state index in [4.69, 9.17) is 0 Å². The fourth-order valence-corrected chi connectivity index (χ4v) is 2.75. The lowest BCUT2D eigenvalue weighted by Crippen LogP contribution is -2.11. The van der Waals surface area contributed by atoms with Crippen molar-refractivity contribution in [2.24, 2.45) is 0 Å². The minimum absolute atomic E-state index is 0.160. The Labute approximate surface area is 124 Å². The average molecular weight is 300 g/mol. The van der Waals surface area contributed by atoms with Crippen molar-refractivity contribution in [3.8, 4) is 5.69 Å². The highest BCUT2D eigenvalue weighted by Gasteiger charge is 2.14. The number of nitrogens with one attached hydrogen (secondary N) is 1. The number of tetrazole rings is 1. The normalized spacial score (nSPS) is 10.6. The topological polar surface area (TPSA) is 85.6 Å². The van der Waals surface area contributed by atoms with Crippen LogP contribution in [0.2, 0.25) is 0 Å². The number of aryl methyl sites for hydroxylation is 2. The second-order valence-electron chi connectivity index (χ2n) is 4.41. The number of carbonyl (C=O) groups is 1. The summed E-state index contributed by atoms with van der Waals surface area (Å²) in [5.41, 5.74) is 2.19. The van der Waals surface area contributed by atoms with E-state index in [9.17, 15) is 4.79 Å². The minimum atomic E-state index is -0.160. The highest BCUT2D eigenvalue weighted by Crippen LogP contribution is 2.20. The second kappa shape index (κ2) is 5.41. The summed E-state index contributed by atoms with van der Waals surface area (Å²) in [5, 5.41) is 14.7. The number of anilines is 1. The molecule has 0 fully saturated rings. The molecule has 7 nitrogen and oxygen atoms in total. The average Bonchev–Trinajstić information content (AvgIpc) is 3.08. The molecule has 0 unspecified atom stereocenters. The van der Waals surface area contributed by atoms with Gasteiger partial charge in [0, 0.05) is 5.69 Å². The van der Waals surface area contributed by atoms with E-state index in [1.165, 1.54) is 22.3 Å². The molecule has 1 aromatic carbocycles. The summed E-state index contributed by atoms with van der Waals surface area (Å²) in [7, 11) is 0. The molecular weight excluding hydrogens is 288 g/mol. The van der Waals surface area contributed by atoms with Gasteiger partial charge < -0.3 is 5.32 Å². The number of hydrogen-bond donors (Lipinski definition) is 1. The monoisotopic (exact) mass is 300 g/mol. The van der Waals surface area contributed by atoms with Gasteiger partial charge in [-0.05, 0) is 42.5 Å². The molecule has 2 aromatic heterocycles. The first-order valence-electron chi connectivity index (χ1n) is 6.22. The molecule has 0 aliphatic carbocycles. The van der Waals surface area contributed by atoms with Crippen LogP contribution in [0, 0.1) is 13.8 Å². The van der Waals surface area contributed by atoms with E-state index < -0.39 is 0 Å². The van der Waals surface area contributed by atoms with Crippen LogP contribution in [-0.2, 0) is 0 Å². The van der Waals surface area contributed by atoms with Crippen molar-refractivity contribution in [3.63, 3.8) is 0 Å². The SMILES string of the molecule is Cc1nc(C)c(C(=O)Nc2cccc(-n3cnnn3)c2)s1. The molecule has 0 spiro atoms. The van der Waals surface area contributed by atoms with Gasteiger partial charge in [-0.1, -0.05) is 6.07 Å². The summed E-state index contributed by atoms with van der Waals surface area (Å²) >= 11 is 1.38. The van der Waals surface area contributed by atoms with E-state index in [0.717, 1.165) is 16.4 Å². The van der Waals surface area contributed by atoms with Crippen LogP contribution in [-0.4, -0.2) is 31.1 Å². The first kappa shape index (κ1) is 13.4. The minimum Gasteiger partial charge on any atom is -0.321 e. The smallest absolute Gasteiger partial charge is 0.267 e. The molecule has 1 amide bonds. The Morgan fingerprint density at radius 1 is 1.33 bits per heavy atom.